The molecule has 4 aliphatic heterocycles. The van der Waals surface area contributed by atoms with Gasteiger partial charge >= 0.3 is 12.3 Å². The Morgan fingerprint density at radius 2 is 1.53 bits per heavy atom. The van der Waals surface area contributed by atoms with E-state index < -0.39 is 34.8 Å². The summed E-state index contributed by atoms with van der Waals surface area (Å²) >= 11 is 6.38. The minimum absolute atomic E-state index is 0. The van der Waals surface area contributed by atoms with Crippen LogP contribution in [0.2, 0.25) is 5.02 Å². The number of alkyl halides is 3. The topological polar surface area (TPSA) is 172 Å². The van der Waals surface area contributed by atoms with Crippen LogP contribution in [0, 0.1) is 11.7 Å². The van der Waals surface area contributed by atoms with Gasteiger partial charge in [0.2, 0.25) is 11.8 Å². The number of amides is 3. The van der Waals surface area contributed by atoms with Gasteiger partial charge in [-0.25, -0.2) is 19.2 Å². The maximum absolute atomic E-state index is 15.1. The summed E-state index contributed by atoms with van der Waals surface area (Å²) in [5.41, 5.74) is 6.10. The Morgan fingerprint density at radius 3 is 2.21 bits per heavy atom. The molecule has 3 aromatic carbocycles. The van der Waals surface area contributed by atoms with Crippen LogP contribution in [0.3, 0.4) is 0 Å². The molecule has 4 fully saturated rings. The van der Waals surface area contributed by atoms with Crippen LogP contribution < -0.4 is 20.7 Å². The highest BCUT2D eigenvalue weighted by Crippen LogP contribution is 2.36. The van der Waals surface area contributed by atoms with Crippen molar-refractivity contribution in [2.24, 2.45) is 5.92 Å². The van der Waals surface area contributed by atoms with Gasteiger partial charge < -0.3 is 45.1 Å². The summed E-state index contributed by atoms with van der Waals surface area (Å²) in [6, 6.07) is 17.3. The average molecular weight is 1170 g/mol. The third-order valence-corrected chi connectivity index (χ3v) is 16.4. The maximum Gasteiger partial charge on any atom is 0.419 e. The van der Waals surface area contributed by atoms with E-state index in [2.05, 4.69) is 44.8 Å². The van der Waals surface area contributed by atoms with Crippen LogP contribution in [0.15, 0.2) is 79.3 Å². The molecule has 17 nitrogen and oxygen atoms in total. The van der Waals surface area contributed by atoms with Gasteiger partial charge in [0.25, 0.3) is 0 Å². The van der Waals surface area contributed by atoms with Crippen molar-refractivity contribution in [2.45, 2.75) is 89.4 Å². The number of nitrogens with two attached hydrogens (primary N) is 1. The molecule has 4 N–H and O–H groups in total. The zero-order valence-corrected chi connectivity index (χ0v) is 48.5. The van der Waals surface area contributed by atoms with Crippen molar-refractivity contribution in [3.8, 4) is 5.75 Å². The molecule has 440 valence electrons. The van der Waals surface area contributed by atoms with Gasteiger partial charge in [0.05, 0.1) is 23.5 Å². The van der Waals surface area contributed by atoms with Crippen LogP contribution in [0.5, 0.6) is 5.75 Å². The summed E-state index contributed by atoms with van der Waals surface area (Å²) in [6.45, 7) is 16.7. The zero-order chi connectivity index (χ0) is 56.8. The first-order valence-corrected chi connectivity index (χ1v) is 28.2. The number of likely N-dealkylation sites (N-methyl/N-ethyl adjacent to an activating group) is 1. The fourth-order valence-electron chi connectivity index (χ4n) is 11.6. The highest BCUT2D eigenvalue weighted by molar-refractivity contribution is 7.59. The predicted molar refractivity (Wildman–Crippen MR) is 310 cm³/mol. The van der Waals surface area contributed by atoms with Crippen LogP contribution in [-0.2, 0) is 33.7 Å². The summed E-state index contributed by atoms with van der Waals surface area (Å²) in [4.78, 5) is 69.8. The molecule has 4 saturated heterocycles. The largest absolute Gasteiger partial charge is 0.489 e. The second-order valence-corrected chi connectivity index (χ2v) is 23.3. The molecule has 0 bridgehead atoms. The van der Waals surface area contributed by atoms with E-state index in [4.69, 9.17) is 26.8 Å². The minimum atomic E-state index is -4.80. The summed E-state index contributed by atoms with van der Waals surface area (Å²) in [5, 5.41) is 4.53. The van der Waals surface area contributed by atoms with Crippen LogP contribution in [0.4, 0.5) is 33.9 Å². The van der Waals surface area contributed by atoms with E-state index in [-0.39, 0.29) is 43.5 Å². The van der Waals surface area contributed by atoms with Gasteiger partial charge in [0.15, 0.2) is 0 Å². The number of aromatic nitrogens is 3. The van der Waals surface area contributed by atoms with Crippen LogP contribution in [0.1, 0.15) is 81.2 Å². The van der Waals surface area contributed by atoms with E-state index in [1.165, 1.54) is 12.4 Å². The second-order valence-electron chi connectivity index (χ2n) is 22.9. The van der Waals surface area contributed by atoms with Gasteiger partial charge in [-0.3, -0.25) is 24.3 Å². The van der Waals surface area contributed by atoms with Crippen molar-refractivity contribution in [1.82, 2.24) is 49.7 Å². The van der Waals surface area contributed by atoms with Gasteiger partial charge in [-0.15, -0.1) is 0 Å². The molecule has 0 spiro atoms. The third-order valence-electron chi connectivity index (χ3n) is 16.1. The number of alkyl carbamates (subject to hydrolysis) is 1. The highest BCUT2D eigenvalue weighted by Gasteiger charge is 2.47. The quantitative estimate of drug-likeness (QED) is 0.0602. The molecule has 0 unspecified atom stereocenters. The lowest BCUT2D eigenvalue weighted by atomic mass is 9.85. The molecule has 4 aliphatic rings. The number of benzene rings is 3. The Bertz CT molecular complexity index is 2920. The molecule has 0 aliphatic carbocycles. The molecule has 23 heteroatoms. The summed E-state index contributed by atoms with van der Waals surface area (Å²) in [6.07, 6.45) is 1.22. The van der Waals surface area contributed by atoms with Crippen molar-refractivity contribution < 1.29 is 41.4 Å². The summed E-state index contributed by atoms with van der Waals surface area (Å²) in [5.74, 6) is 0.452. The first-order valence-electron chi connectivity index (χ1n) is 27.8. The Balaban J connectivity index is 0.00000860. The lowest BCUT2D eigenvalue weighted by molar-refractivity contribution is -0.141. The SMILES string of the molecule is CN(C(=O)C1(NC(=O)OC(C)(C)C)CCN(c2ncnc3[nH]ccc23)CC1)[C@@H](CCN1CCN(C(=O)CN2CCN(CC3CCN(Cc4cc(N)ccc4OCc4ccc(F)c(C(F)(F)F)c4)CC3)CC2)CC1)c1ccc(Cl)cc1.S. The summed E-state index contributed by atoms with van der Waals surface area (Å²) < 4.78 is 65.6. The molecule has 2 aromatic heterocycles. The summed E-state index contributed by atoms with van der Waals surface area (Å²) in [7, 11) is 1.81. The number of anilines is 2. The Labute approximate surface area is 483 Å². The Hall–Kier alpha value is -5.91. The van der Waals surface area contributed by atoms with E-state index in [9.17, 15) is 27.2 Å². The number of likely N-dealkylation sites (tertiary alicyclic amines) is 1. The van der Waals surface area contributed by atoms with Gasteiger partial charge in [0, 0.05) is 115 Å². The fourth-order valence-corrected chi connectivity index (χ4v) is 11.8. The molecule has 9 rings (SSSR count). The molecule has 0 saturated carbocycles. The van der Waals surface area contributed by atoms with E-state index in [1.54, 1.807) is 37.8 Å². The Kier molecular flexibility index (Phi) is 20.1. The molecule has 0 radical (unpaired) electrons. The monoisotopic (exact) mass is 1160 g/mol. The standard InChI is InChI=1S/C58H75ClF4N12O5.H2S/c1-56(2,3)80-55(78)68-57(17-23-75(24-18-57)53-46-13-19-65-52(46)66-39-67-53)54(77)69(4)49(42-6-8-44(59)9-7-42)16-22-70-29-31-74(32-30-70)51(76)37-73-27-25-72(26-28-73)35-40-14-20-71(21-15-40)36-43-34-45(64)10-12-50(43)79-38-41-5-11-48(60)47(33-41)58(61,62)63;/h5-13,19,33-34,39-40,49H,14-18,20-32,35-38,64H2,1-4H3,(H,68,78)(H,65,66,67);1H2/t49-;/m0./s1. The van der Waals surface area contributed by atoms with Gasteiger partial charge in [0.1, 0.15) is 47.1 Å². The van der Waals surface area contributed by atoms with E-state index in [0.717, 1.165) is 98.8 Å². The smallest absolute Gasteiger partial charge is 0.419 e. The molecule has 81 heavy (non-hydrogen) atoms. The number of hydrogen-bond donors (Lipinski definition) is 3. The number of carbonyl (C=O) groups is 3. The lowest BCUT2D eigenvalue weighted by Crippen LogP contribution is -2.64. The highest BCUT2D eigenvalue weighted by atomic mass is 35.5. The first kappa shape index (κ1) is 61.2. The van der Waals surface area contributed by atoms with Gasteiger partial charge in [-0.1, -0.05) is 29.8 Å². The van der Waals surface area contributed by atoms with Crippen molar-refractivity contribution in [1.29, 1.82) is 0 Å². The number of nitrogen functional groups attached to an aromatic ring is 1. The average Bonchev–Trinajstić information content (AvgIpc) is 3.92. The van der Waals surface area contributed by atoms with Crippen molar-refractivity contribution in [3.05, 3.63) is 112 Å². The lowest BCUT2D eigenvalue weighted by Gasteiger charge is -2.45. The van der Waals surface area contributed by atoms with E-state index >= 15 is 4.79 Å². The Morgan fingerprint density at radius 1 is 0.852 bits per heavy atom. The maximum atomic E-state index is 15.1. The molecule has 3 amide bonds. The fraction of sp³-hybridized carbons (Fsp3) is 0.534. The minimum Gasteiger partial charge on any atom is -0.489 e. The zero-order valence-electron chi connectivity index (χ0n) is 46.7. The van der Waals surface area contributed by atoms with Crippen molar-refractivity contribution >= 4 is 65.5 Å². The molecule has 5 aromatic rings. The van der Waals surface area contributed by atoms with Crippen LogP contribution in [0.25, 0.3) is 11.0 Å². The van der Waals surface area contributed by atoms with Crippen molar-refractivity contribution in [2.75, 3.05) is 116 Å². The van der Waals surface area contributed by atoms with Crippen LogP contribution >= 0.6 is 25.1 Å². The normalized spacial score (nSPS) is 18.5. The number of halogens is 5. The predicted octanol–water partition coefficient (Wildman–Crippen LogP) is 8.17. The second kappa shape index (κ2) is 26.6. The van der Waals surface area contributed by atoms with E-state index in [0.29, 0.717) is 101 Å². The van der Waals surface area contributed by atoms with Gasteiger partial charge in [-0.05, 0) is 132 Å². The number of ether oxygens (including phenoxy) is 2. The first-order chi connectivity index (χ1) is 38.2. The molecular formula is C58H77ClF4N12O5S. The molecule has 6 heterocycles. The number of carbonyl (C=O) groups excluding carboxylic acids is 3. The number of fused-ring (bicyclic) bond motifs is 1. The van der Waals surface area contributed by atoms with E-state index in [1.807, 2.05) is 54.5 Å². The number of aromatic amines is 1. The number of nitrogens with one attached hydrogen (secondary N) is 2. The number of hydrogen-bond acceptors (Lipinski definition) is 13. The third kappa shape index (κ3) is 15.8. The number of piperidine rings is 2. The number of rotatable bonds is 17. The number of piperazine rings is 2. The van der Waals surface area contributed by atoms with Crippen molar-refractivity contribution in [3.63, 3.8) is 0 Å². The van der Waals surface area contributed by atoms with Crippen LogP contribution in [-0.4, -0.2) is 179 Å². The number of nitrogens with zero attached hydrogens (tertiary/aromatic N) is 9. The number of H-pyrrole nitrogens is 1. The molecular weight excluding hydrogens is 1090 g/mol. The van der Waals surface area contributed by atoms with Gasteiger partial charge in [-0.2, -0.15) is 26.7 Å². The molecule has 1 atom stereocenters.